The number of nitrogens with two attached hydrogens (primary N) is 1. The molecule has 0 fully saturated rings. The molecule has 2 N–H and O–H groups in total. The molecule has 0 saturated carbocycles. The quantitative estimate of drug-likeness (QED) is 0.677. The van der Waals surface area contributed by atoms with Gasteiger partial charge in [-0.1, -0.05) is 34.7 Å². The normalized spacial score (nSPS) is 10.4. The molecule has 0 aliphatic heterocycles. The summed E-state index contributed by atoms with van der Waals surface area (Å²) in [5.74, 6) is 1.61. The number of thioether (sulfide) groups is 1. The number of hydrogen-bond acceptors (Lipinski definition) is 6. The van der Waals surface area contributed by atoms with Gasteiger partial charge in [-0.15, -0.1) is 10.2 Å². The van der Waals surface area contributed by atoms with Gasteiger partial charge < -0.3 is 10.5 Å². The number of nitrogens with zero attached hydrogens (tertiary/aromatic N) is 2. The molecule has 7 heteroatoms. The second-order valence-electron chi connectivity index (χ2n) is 3.06. The van der Waals surface area contributed by atoms with E-state index in [1.807, 2.05) is 12.1 Å². The molecule has 1 aromatic heterocycles. The molecule has 0 spiro atoms. The average Bonchev–Trinajstić information content (AvgIpc) is 2.73. The van der Waals surface area contributed by atoms with Gasteiger partial charge in [-0.2, -0.15) is 0 Å². The van der Waals surface area contributed by atoms with E-state index in [0.29, 0.717) is 16.8 Å². The SMILES string of the molecule is Nc1nnc(SCCOc2ccc(Cl)cc2)s1. The number of nitrogen functional groups attached to an aromatic ring is 1. The Labute approximate surface area is 112 Å². The van der Waals surface area contributed by atoms with Crippen LogP contribution in [0.3, 0.4) is 0 Å². The van der Waals surface area contributed by atoms with E-state index in [0.717, 1.165) is 15.8 Å². The van der Waals surface area contributed by atoms with E-state index < -0.39 is 0 Å². The Morgan fingerprint density at radius 1 is 1.29 bits per heavy atom. The Morgan fingerprint density at radius 3 is 2.71 bits per heavy atom. The Balaban J connectivity index is 1.71. The number of hydrogen-bond donors (Lipinski definition) is 1. The number of anilines is 1. The summed E-state index contributed by atoms with van der Waals surface area (Å²) in [4.78, 5) is 0. The van der Waals surface area contributed by atoms with Gasteiger partial charge in [0, 0.05) is 10.8 Å². The van der Waals surface area contributed by atoms with Gasteiger partial charge in [-0.3, -0.25) is 0 Å². The van der Waals surface area contributed by atoms with E-state index in [2.05, 4.69) is 10.2 Å². The maximum Gasteiger partial charge on any atom is 0.203 e. The summed E-state index contributed by atoms with van der Waals surface area (Å²) < 4.78 is 6.40. The molecule has 0 unspecified atom stereocenters. The summed E-state index contributed by atoms with van der Waals surface area (Å²) in [5.41, 5.74) is 5.48. The second-order valence-corrected chi connectivity index (χ2v) is 5.84. The molecule has 0 aliphatic carbocycles. The van der Waals surface area contributed by atoms with E-state index >= 15 is 0 Å². The topological polar surface area (TPSA) is 61.0 Å². The number of aromatic nitrogens is 2. The first-order valence-electron chi connectivity index (χ1n) is 4.84. The van der Waals surface area contributed by atoms with Crippen LogP contribution in [0, 0.1) is 0 Å². The van der Waals surface area contributed by atoms with Gasteiger partial charge in [0.2, 0.25) is 5.13 Å². The molecular formula is C10H10ClN3OS2. The number of halogens is 1. The highest BCUT2D eigenvalue weighted by Gasteiger charge is 2.01. The molecule has 2 rings (SSSR count). The van der Waals surface area contributed by atoms with Gasteiger partial charge in [-0.25, -0.2) is 0 Å². The van der Waals surface area contributed by atoms with Crippen LogP contribution < -0.4 is 10.5 Å². The first-order chi connectivity index (χ1) is 8.24. The molecule has 0 amide bonds. The zero-order valence-corrected chi connectivity index (χ0v) is 11.2. The summed E-state index contributed by atoms with van der Waals surface area (Å²) in [6, 6.07) is 7.29. The van der Waals surface area contributed by atoms with Crippen molar-refractivity contribution in [1.29, 1.82) is 0 Å². The Hall–Kier alpha value is -0.980. The van der Waals surface area contributed by atoms with Crippen molar-refractivity contribution in [2.45, 2.75) is 4.34 Å². The fraction of sp³-hybridized carbons (Fsp3) is 0.200. The lowest BCUT2D eigenvalue weighted by Crippen LogP contribution is -1.99. The van der Waals surface area contributed by atoms with E-state index in [4.69, 9.17) is 22.1 Å². The van der Waals surface area contributed by atoms with Crippen LogP contribution in [-0.2, 0) is 0 Å². The van der Waals surface area contributed by atoms with Crippen LogP contribution in [0.15, 0.2) is 28.6 Å². The molecule has 0 bridgehead atoms. The van der Waals surface area contributed by atoms with E-state index in [1.54, 1.807) is 23.9 Å². The van der Waals surface area contributed by atoms with Crippen LogP contribution in [0.25, 0.3) is 0 Å². The van der Waals surface area contributed by atoms with Crippen molar-refractivity contribution in [3.63, 3.8) is 0 Å². The standard InChI is InChI=1S/C10H10ClN3OS2/c11-7-1-3-8(4-2-7)15-5-6-16-10-14-13-9(12)17-10/h1-4H,5-6H2,(H2,12,13). The largest absolute Gasteiger partial charge is 0.493 e. The lowest BCUT2D eigenvalue weighted by Gasteiger charge is -2.04. The number of rotatable bonds is 5. The average molecular weight is 288 g/mol. The van der Waals surface area contributed by atoms with E-state index in [1.165, 1.54) is 11.3 Å². The van der Waals surface area contributed by atoms with Crippen molar-refractivity contribution in [3.05, 3.63) is 29.3 Å². The van der Waals surface area contributed by atoms with E-state index in [-0.39, 0.29) is 0 Å². The zero-order chi connectivity index (χ0) is 12.1. The number of benzene rings is 1. The van der Waals surface area contributed by atoms with Crippen LogP contribution in [-0.4, -0.2) is 22.6 Å². The predicted molar refractivity (Wildman–Crippen MR) is 72.0 cm³/mol. The fourth-order valence-corrected chi connectivity index (χ4v) is 2.75. The maximum absolute atomic E-state index is 5.77. The van der Waals surface area contributed by atoms with Gasteiger partial charge in [0.05, 0.1) is 6.61 Å². The highest BCUT2D eigenvalue weighted by Crippen LogP contribution is 2.23. The minimum absolute atomic E-state index is 0.492. The van der Waals surface area contributed by atoms with Crippen LogP contribution >= 0.6 is 34.7 Å². The molecule has 2 aromatic rings. The minimum Gasteiger partial charge on any atom is -0.493 e. The Kier molecular flexibility index (Phi) is 4.47. The van der Waals surface area contributed by atoms with Crippen LogP contribution in [0.2, 0.25) is 5.02 Å². The van der Waals surface area contributed by atoms with Crippen LogP contribution in [0.5, 0.6) is 5.75 Å². The van der Waals surface area contributed by atoms with Gasteiger partial charge in [0.1, 0.15) is 5.75 Å². The summed E-state index contributed by atoms with van der Waals surface area (Å²) in [6.45, 7) is 0.603. The van der Waals surface area contributed by atoms with Crippen LogP contribution in [0.1, 0.15) is 0 Å². The molecule has 0 aliphatic rings. The van der Waals surface area contributed by atoms with Crippen molar-refractivity contribution in [2.24, 2.45) is 0 Å². The molecular weight excluding hydrogens is 278 g/mol. The van der Waals surface area contributed by atoms with Gasteiger partial charge in [-0.05, 0) is 24.3 Å². The highest BCUT2D eigenvalue weighted by molar-refractivity contribution is 8.01. The van der Waals surface area contributed by atoms with Gasteiger partial charge in [0.25, 0.3) is 0 Å². The fourth-order valence-electron chi connectivity index (χ4n) is 1.10. The summed E-state index contributed by atoms with van der Waals surface area (Å²) in [6.07, 6.45) is 0. The maximum atomic E-state index is 5.77. The lowest BCUT2D eigenvalue weighted by molar-refractivity contribution is 0.344. The monoisotopic (exact) mass is 287 g/mol. The van der Waals surface area contributed by atoms with Crippen molar-refractivity contribution in [2.75, 3.05) is 18.1 Å². The third-order valence-electron chi connectivity index (χ3n) is 1.81. The van der Waals surface area contributed by atoms with E-state index in [9.17, 15) is 0 Å². The first kappa shape index (κ1) is 12.5. The summed E-state index contributed by atoms with van der Waals surface area (Å²) >= 11 is 8.73. The third-order valence-corrected chi connectivity index (χ3v) is 3.92. The van der Waals surface area contributed by atoms with Crippen molar-refractivity contribution in [3.8, 4) is 5.75 Å². The zero-order valence-electron chi connectivity index (χ0n) is 8.80. The van der Waals surface area contributed by atoms with Crippen molar-refractivity contribution < 1.29 is 4.74 Å². The summed E-state index contributed by atoms with van der Waals surface area (Å²) in [5, 5.41) is 8.84. The molecule has 4 nitrogen and oxygen atoms in total. The molecule has 1 heterocycles. The van der Waals surface area contributed by atoms with Gasteiger partial charge >= 0.3 is 0 Å². The summed E-state index contributed by atoms with van der Waals surface area (Å²) in [7, 11) is 0. The Bertz CT molecular complexity index is 475. The minimum atomic E-state index is 0.492. The van der Waals surface area contributed by atoms with Gasteiger partial charge in [0.15, 0.2) is 4.34 Å². The smallest absolute Gasteiger partial charge is 0.203 e. The van der Waals surface area contributed by atoms with Crippen molar-refractivity contribution in [1.82, 2.24) is 10.2 Å². The molecule has 0 radical (unpaired) electrons. The molecule has 0 atom stereocenters. The number of ether oxygens (including phenoxy) is 1. The van der Waals surface area contributed by atoms with Crippen LogP contribution in [0.4, 0.5) is 5.13 Å². The van der Waals surface area contributed by atoms with Crippen molar-refractivity contribution >= 4 is 39.8 Å². The molecule has 0 saturated heterocycles. The molecule has 1 aromatic carbocycles. The second kappa shape index (κ2) is 6.09. The predicted octanol–water partition coefficient (Wildman–Crippen LogP) is 2.94. The molecule has 90 valence electrons. The first-order valence-corrected chi connectivity index (χ1v) is 7.02. The Morgan fingerprint density at radius 2 is 2.06 bits per heavy atom. The highest BCUT2D eigenvalue weighted by atomic mass is 35.5. The lowest BCUT2D eigenvalue weighted by atomic mass is 10.3. The molecule has 17 heavy (non-hydrogen) atoms. The third kappa shape index (κ3) is 4.07.